The van der Waals surface area contributed by atoms with Gasteiger partial charge in [-0.2, -0.15) is 0 Å². The summed E-state index contributed by atoms with van der Waals surface area (Å²) in [5.74, 6) is -1.86. The maximum atomic E-state index is 13.1. The van der Waals surface area contributed by atoms with Gasteiger partial charge in [-0.1, -0.05) is 18.6 Å². The fourth-order valence-corrected chi connectivity index (χ4v) is 4.53. The van der Waals surface area contributed by atoms with Crippen molar-refractivity contribution in [2.45, 2.75) is 50.7 Å². The van der Waals surface area contributed by atoms with Gasteiger partial charge in [0.1, 0.15) is 6.04 Å². The van der Waals surface area contributed by atoms with Crippen LogP contribution in [0.1, 0.15) is 58.4 Å². The molecular weight excluding hydrogens is 372 g/mol. The minimum absolute atomic E-state index is 0.119. The number of imide groups is 2. The van der Waals surface area contributed by atoms with Crippen molar-refractivity contribution in [1.82, 2.24) is 20.4 Å². The molecule has 2 saturated heterocycles. The molecule has 154 valence electrons. The predicted octanol–water partition coefficient (Wildman–Crippen LogP) is 0.662. The lowest BCUT2D eigenvalue weighted by Gasteiger charge is -2.29. The molecule has 8 nitrogen and oxygen atoms in total. The number of piperidine rings is 2. The van der Waals surface area contributed by atoms with E-state index in [1.54, 1.807) is 12.1 Å². The number of carbonyl (C=O) groups excluding carboxylic acids is 4. The SMILES string of the molecule is CN(Cc1cccc2c1C(=O)N(C1CCC(=O)NC1=O)C2=O)C[C@@H]1CCCCN1. The van der Waals surface area contributed by atoms with Gasteiger partial charge in [-0.15, -0.1) is 0 Å². The smallest absolute Gasteiger partial charge is 0.262 e. The monoisotopic (exact) mass is 398 g/mol. The second kappa shape index (κ2) is 8.04. The highest BCUT2D eigenvalue weighted by Crippen LogP contribution is 2.30. The van der Waals surface area contributed by atoms with Gasteiger partial charge in [0, 0.05) is 25.6 Å². The lowest BCUT2D eigenvalue weighted by molar-refractivity contribution is -0.136. The van der Waals surface area contributed by atoms with Crippen molar-refractivity contribution in [3.63, 3.8) is 0 Å². The Hall–Kier alpha value is -2.58. The number of fused-ring (bicyclic) bond motifs is 1. The predicted molar refractivity (Wildman–Crippen MR) is 105 cm³/mol. The van der Waals surface area contributed by atoms with Crippen LogP contribution in [0.25, 0.3) is 0 Å². The van der Waals surface area contributed by atoms with Crippen LogP contribution in [0, 0.1) is 0 Å². The van der Waals surface area contributed by atoms with Crippen LogP contribution in [0.4, 0.5) is 0 Å². The number of hydrogen-bond acceptors (Lipinski definition) is 6. The molecule has 0 saturated carbocycles. The number of nitrogens with one attached hydrogen (secondary N) is 2. The molecule has 8 heteroatoms. The van der Waals surface area contributed by atoms with E-state index in [2.05, 4.69) is 15.5 Å². The first kappa shape index (κ1) is 19.7. The van der Waals surface area contributed by atoms with E-state index in [1.807, 2.05) is 13.1 Å². The summed E-state index contributed by atoms with van der Waals surface area (Å²) in [5, 5.41) is 5.75. The summed E-state index contributed by atoms with van der Waals surface area (Å²) in [4.78, 5) is 52.9. The zero-order chi connectivity index (χ0) is 20.5. The van der Waals surface area contributed by atoms with Crippen LogP contribution in [0.2, 0.25) is 0 Å². The van der Waals surface area contributed by atoms with Gasteiger partial charge in [-0.25, -0.2) is 0 Å². The van der Waals surface area contributed by atoms with Gasteiger partial charge in [0.15, 0.2) is 0 Å². The van der Waals surface area contributed by atoms with Crippen LogP contribution >= 0.6 is 0 Å². The zero-order valence-corrected chi connectivity index (χ0v) is 16.6. The van der Waals surface area contributed by atoms with E-state index in [1.165, 1.54) is 12.8 Å². The second-order valence-electron chi connectivity index (χ2n) is 8.13. The number of hydrogen-bond donors (Lipinski definition) is 2. The molecule has 0 spiro atoms. The molecule has 0 aromatic heterocycles. The van der Waals surface area contributed by atoms with E-state index in [9.17, 15) is 19.2 Å². The molecule has 3 heterocycles. The van der Waals surface area contributed by atoms with Gasteiger partial charge in [0.25, 0.3) is 11.8 Å². The Morgan fingerprint density at radius 3 is 2.66 bits per heavy atom. The van der Waals surface area contributed by atoms with Crippen LogP contribution < -0.4 is 10.6 Å². The second-order valence-corrected chi connectivity index (χ2v) is 8.13. The molecule has 2 N–H and O–H groups in total. The number of benzene rings is 1. The maximum absolute atomic E-state index is 13.1. The van der Waals surface area contributed by atoms with Crippen molar-refractivity contribution in [2.75, 3.05) is 20.1 Å². The van der Waals surface area contributed by atoms with Gasteiger partial charge in [-0.3, -0.25) is 29.4 Å². The van der Waals surface area contributed by atoms with E-state index in [-0.39, 0.29) is 18.7 Å². The van der Waals surface area contributed by atoms with E-state index in [0.29, 0.717) is 23.7 Å². The molecule has 0 bridgehead atoms. The molecule has 2 atom stereocenters. The maximum Gasteiger partial charge on any atom is 0.262 e. The molecule has 2 fully saturated rings. The highest BCUT2D eigenvalue weighted by Gasteiger charge is 2.45. The largest absolute Gasteiger partial charge is 0.313 e. The number of rotatable bonds is 5. The summed E-state index contributed by atoms with van der Waals surface area (Å²) in [6.45, 7) is 2.44. The molecular formula is C21H26N4O4. The Bertz CT molecular complexity index is 862. The quantitative estimate of drug-likeness (QED) is 0.707. The average molecular weight is 398 g/mol. The van der Waals surface area contributed by atoms with Crippen molar-refractivity contribution in [2.24, 2.45) is 0 Å². The third-order valence-electron chi connectivity index (χ3n) is 5.94. The molecule has 29 heavy (non-hydrogen) atoms. The van der Waals surface area contributed by atoms with Crippen LogP contribution in [-0.2, 0) is 16.1 Å². The Morgan fingerprint density at radius 1 is 1.10 bits per heavy atom. The summed E-state index contributed by atoms with van der Waals surface area (Å²) in [5.41, 5.74) is 1.50. The first-order chi connectivity index (χ1) is 14.0. The normalized spacial score (nSPS) is 24.8. The Morgan fingerprint density at radius 2 is 1.93 bits per heavy atom. The minimum Gasteiger partial charge on any atom is -0.313 e. The molecule has 4 rings (SSSR count). The molecule has 1 unspecified atom stereocenters. The molecule has 1 aromatic carbocycles. The average Bonchev–Trinajstić information content (AvgIpc) is 2.94. The fourth-order valence-electron chi connectivity index (χ4n) is 4.53. The fraction of sp³-hybridized carbons (Fsp3) is 0.524. The van der Waals surface area contributed by atoms with Crippen molar-refractivity contribution >= 4 is 23.6 Å². The van der Waals surface area contributed by atoms with Crippen LogP contribution in [0.3, 0.4) is 0 Å². The highest BCUT2D eigenvalue weighted by atomic mass is 16.2. The lowest BCUT2D eigenvalue weighted by atomic mass is 10.0. The summed E-state index contributed by atoms with van der Waals surface area (Å²) in [6, 6.07) is 4.77. The third kappa shape index (κ3) is 3.82. The summed E-state index contributed by atoms with van der Waals surface area (Å²) in [6.07, 6.45) is 3.85. The van der Waals surface area contributed by atoms with Gasteiger partial charge in [-0.05, 0) is 44.5 Å². The summed E-state index contributed by atoms with van der Waals surface area (Å²) < 4.78 is 0. The number of nitrogens with zero attached hydrogens (tertiary/aromatic N) is 2. The van der Waals surface area contributed by atoms with E-state index < -0.39 is 23.8 Å². The van der Waals surface area contributed by atoms with Crippen molar-refractivity contribution in [3.8, 4) is 0 Å². The number of amides is 4. The van der Waals surface area contributed by atoms with E-state index in [0.717, 1.165) is 30.0 Å². The zero-order valence-electron chi connectivity index (χ0n) is 16.6. The van der Waals surface area contributed by atoms with Crippen molar-refractivity contribution in [3.05, 3.63) is 34.9 Å². The van der Waals surface area contributed by atoms with E-state index in [4.69, 9.17) is 0 Å². The number of carbonyl (C=O) groups is 4. The van der Waals surface area contributed by atoms with Crippen LogP contribution in [0.5, 0.6) is 0 Å². The van der Waals surface area contributed by atoms with Crippen molar-refractivity contribution < 1.29 is 19.2 Å². The highest BCUT2D eigenvalue weighted by molar-refractivity contribution is 6.24. The van der Waals surface area contributed by atoms with Gasteiger partial charge in [0.05, 0.1) is 11.1 Å². The molecule has 1 aromatic rings. The number of likely N-dealkylation sites (N-methyl/N-ethyl adjacent to an activating group) is 1. The lowest BCUT2D eigenvalue weighted by Crippen LogP contribution is -2.54. The van der Waals surface area contributed by atoms with Crippen LogP contribution in [-0.4, -0.2) is 65.6 Å². The van der Waals surface area contributed by atoms with Gasteiger partial charge >= 0.3 is 0 Å². The van der Waals surface area contributed by atoms with Gasteiger partial charge < -0.3 is 10.2 Å². The topological polar surface area (TPSA) is 98.8 Å². The molecule has 3 aliphatic heterocycles. The van der Waals surface area contributed by atoms with E-state index >= 15 is 0 Å². The van der Waals surface area contributed by atoms with Gasteiger partial charge in [0.2, 0.25) is 11.8 Å². The first-order valence-corrected chi connectivity index (χ1v) is 10.2. The Balaban J connectivity index is 1.53. The van der Waals surface area contributed by atoms with Crippen molar-refractivity contribution in [1.29, 1.82) is 0 Å². The Labute approximate surface area is 169 Å². The standard InChI is InChI=1S/C21H26N4O4/c1-24(12-14-6-2-3-10-22-14)11-13-5-4-7-15-18(13)21(29)25(20(15)28)16-8-9-17(26)23-19(16)27/h4-5,7,14,16,22H,2-3,6,8-12H2,1H3,(H,23,26,27)/t14-,16?/m0/s1. The van der Waals surface area contributed by atoms with Crippen LogP contribution in [0.15, 0.2) is 18.2 Å². The molecule has 3 aliphatic rings. The molecule has 0 radical (unpaired) electrons. The molecule has 4 amide bonds. The molecule has 0 aliphatic carbocycles. The third-order valence-corrected chi connectivity index (χ3v) is 5.94. The minimum atomic E-state index is -0.933. The summed E-state index contributed by atoms with van der Waals surface area (Å²) in [7, 11) is 2.01. The first-order valence-electron chi connectivity index (χ1n) is 10.2. The Kier molecular flexibility index (Phi) is 5.47. The summed E-state index contributed by atoms with van der Waals surface area (Å²) >= 11 is 0.